The molecule has 0 N–H and O–H groups in total. The highest BCUT2D eigenvalue weighted by atomic mass is 79.9. The number of sulfonamides is 1. The summed E-state index contributed by atoms with van der Waals surface area (Å²) >= 11 is 3.36. The lowest BCUT2D eigenvalue weighted by Gasteiger charge is -2.31. The molecule has 6 heteroatoms. The Balaban J connectivity index is 2.00. The van der Waals surface area contributed by atoms with E-state index in [4.69, 9.17) is 4.74 Å². The van der Waals surface area contributed by atoms with E-state index in [2.05, 4.69) is 15.9 Å². The molecular weight excluding hydrogens is 318 g/mol. The van der Waals surface area contributed by atoms with Gasteiger partial charge in [0.25, 0.3) is 0 Å². The Bertz CT molecular complexity index is 501. The number of rotatable bonds is 3. The Morgan fingerprint density at radius 1 is 1.33 bits per heavy atom. The van der Waals surface area contributed by atoms with E-state index < -0.39 is 10.0 Å². The van der Waals surface area contributed by atoms with Crippen molar-refractivity contribution in [3.8, 4) is 5.75 Å². The van der Waals surface area contributed by atoms with E-state index in [9.17, 15) is 8.42 Å². The summed E-state index contributed by atoms with van der Waals surface area (Å²) in [6.07, 6.45) is 2.92. The van der Waals surface area contributed by atoms with Gasteiger partial charge in [0.2, 0.25) is 10.0 Å². The predicted octanol–water partition coefficient (Wildman–Crippen LogP) is 2.25. The molecule has 1 heterocycles. The molecule has 1 unspecified atom stereocenters. The molecule has 1 fully saturated rings. The Labute approximate surface area is 116 Å². The molecule has 1 aromatic rings. The molecule has 1 saturated heterocycles. The summed E-state index contributed by atoms with van der Waals surface area (Å²) < 4.78 is 31.3. The summed E-state index contributed by atoms with van der Waals surface area (Å²) in [6.45, 7) is 1.04. The van der Waals surface area contributed by atoms with Crippen LogP contribution in [0.1, 0.15) is 12.8 Å². The molecular formula is C12H16BrNO3S. The third-order valence-corrected chi connectivity index (χ3v) is 4.72. The molecule has 0 saturated carbocycles. The van der Waals surface area contributed by atoms with Crippen LogP contribution in [0.4, 0.5) is 0 Å². The van der Waals surface area contributed by atoms with Gasteiger partial charge in [-0.3, -0.25) is 0 Å². The largest absolute Gasteiger partial charge is 0.489 e. The van der Waals surface area contributed by atoms with E-state index in [0.717, 1.165) is 23.1 Å². The zero-order valence-corrected chi connectivity index (χ0v) is 12.6. The molecule has 100 valence electrons. The first-order valence-corrected chi connectivity index (χ1v) is 8.46. The second kappa shape index (κ2) is 5.59. The van der Waals surface area contributed by atoms with Gasteiger partial charge >= 0.3 is 0 Å². The number of nitrogens with zero attached hydrogens (tertiary/aromatic N) is 1. The van der Waals surface area contributed by atoms with Crippen molar-refractivity contribution >= 4 is 26.0 Å². The second-order valence-corrected chi connectivity index (χ2v) is 7.36. The number of hydrogen-bond acceptors (Lipinski definition) is 3. The number of ether oxygens (including phenoxy) is 1. The maximum atomic E-state index is 11.5. The van der Waals surface area contributed by atoms with Crippen LogP contribution >= 0.6 is 15.9 Å². The Morgan fingerprint density at radius 3 is 2.61 bits per heavy atom. The molecule has 0 bridgehead atoms. The van der Waals surface area contributed by atoms with Crippen LogP contribution in [-0.2, 0) is 10.0 Å². The topological polar surface area (TPSA) is 46.6 Å². The highest BCUT2D eigenvalue weighted by Gasteiger charge is 2.26. The van der Waals surface area contributed by atoms with Crippen molar-refractivity contribution in [2.45, 2.75) is 18.9 Å². The summed E-state index contributed by atoms with van der Waals surface area (Å²) in [4.78, 5) is 0. The summed E-state index contributed by atoms with van der Waals surface area (Å²) in [5.74, 6) is 0.776. The average molecular weight is 334 g/mol. The van der Waals surface area contributed by atoms with Crippen LogP contribution in [0.25, 0.3) is 0 Å². The van der Waals surface area contributed by atoms with Crippen molar-refractivity contribution in [2.75, 3.05) is 19.3 Å². The van der Waals surface area contributed by atoms with Gasteiger partial charge in [0.15, 0.2) is 0 Å². The van der Waals surface area contributed by atoms with Gasteiger partial charge in [-0.25, -0.2) is 8.42 Å². The highest BCUT2D eigenvalue weighted by molar-refractivity contribution is 9.10. The van der Waals surface area contributed by atoms with Crippen LogP contribution in [-0.4, -0.2) is 38.2 Å². The fraction of sp³-hybridized carbons (Fsp3) is 0.500. The smallest absolute Gasteiger partial charge is 0.211 e. The molecule has 0 amide bonds. The Hall–Kier alpha value is -0.590. The number of hydrogen-bond donors (Lipinski definition) is 0. The van der Waals surface area contributed by atoms with Crippen LogP contribution in [0.5, 0.6) is 5.75 Å². The first kappa shape index (κ1) is 13.8. The highest BCUT2D eigenvalue weighted by Crippen LogP contribution is 2.21. The Morgan fingerprint density at radius 2 is 2.00 bits per heavy atom. The fourth-order valence-electron chi connectivity index (χ4n) is 2.01. The van der Waals surface area contributed by atoms with Crippen LogP contribution in [0, 0.1) is 0 Å². The summed E-state index contributed by atoms with van der Waals surface area (Å²) in [5.41, 5.74) is 0. The molecule has 4 nitrogen and oxygen atoms in total. The maximum Gasteiger partial charge on any atom is 0.211 e. The van der Waals surface area contributed by atoms with E-state index in [1.165, 1.54) is 10.6 Å². The van der Waals surface area contributed by atoms with E-state index in [1.807, 2.05) is 24.3 Å². The van der Waals surface area contributed by atoms with Crippen molar-refractivity contribution in [3.63, 3.8) is 0 Å². The normalized spacial score (nSPS) is 21.8. The van der Waals surface area contributed by atoms with Crippen molar-refractivity contribution in [3.05, 3.63) is 28.7 Å². The molecule has 1 aliphatic heterocycles. The lowest BCUT2D eigenvalue weighted by Crippen LogP contribution is -2.43. The zero-order valence-electron chi connectivity index (χ0n) is 10.2. The quantitative estimate of drug-likeness (QED) is 0.852. The molecule has 1 aliphatic rings. The van der Waals surface area contributed by atoms with Crippen molar-refractivity contribution in [1.82, 2.24) is 4.31 Å². The van der Waals surface area contributed by atoms with Gasteiger partial charge in [-0.05, 0) is 37.1 Å². The van der Waals surface area contributed by atoms with Gasteiger partial charge in [0.1, 0.15) is 11.9 Å². The molecule has 2 rings (SSSR count). The lowest BCUT2D eigenvalue weighted by molar-refractivity contribution is 0.130. The Kier molecular flexibility index (Phi) is 4.29. The minimum absolute atomic E-state index is 0.0605. The maximum absolute atomic E-state index is 11.5. The third-order valence-electron chi connectivity index (χ3n) is 2.93. The first-order valence-electron chi connectivity index (χ1n) is 5.82. The van der Waals surface area contributed by atoms with E-state index in [0.29, 0.717) is 13.1 Å². The van der Waals surface area contributed by atoms with Crippen LogP contribution in [0.2, 0.25) is 0 Å². The van der Waals surface area contributed by atoms with E-state index in [-0.39, 0.29) is 6.10 Å². The van der Waals surface area contributed by atoms with Crippen molar-refractivity contribution < 1.29 is 13.2 Å². The standard InChI is InChI=1S/C12H16BrNO3S/c1-18(15,16)14-8-2-3-12(9-14)17-11-6-4-10(13)5-7-11/h4-7,12H,2-3,8-9H2,1H3. The monoisotopic (exact) mass is 333 g/mol. The third kappa shape index (κ3) is 3.70. The van der Waals surface area contributed by atoms with Crippen LogP contribution < -0.4 is 4.74 Å². The van der Waals surface area contributed by atoms with Crippen molar-refractivity contribution in [2.24, 2.45) is 0 Å². The van der Waals surface area contributed by atoms with Gasteiger partial charge in [-0.2, -0.15) is 4.31 Å². The predicted molar refractivity (Wildman–Crippen MR) is 74.2 cm³/mol. The number of benzene rings is 1. The second-order valence-electron chi connectivity index (χ2n) is 4.46. The lowest BCUT2D eigenvalue weighted by atomic mass is 10.1. The van der Waals surface area contributed by atoms with Gasteiger partial charge in [-0.15, -0.1) is 0 Å². The van der Waals surface area contributed by atoms with Crippen LogP contribution in [0.3, 0.4) is 0 Å². The number of halogens is 1. The summed E-state index contributed by atoms with van der Waals surface area (Å²) in [5, 5.41) is 0. The zero-order chi connectivity index (χ0) is 13.2. The van der Waals surface area contributed by atoms with Gasteiger partial charge in [0.05, 0.1) is 12.8 Å². The first-order chi connectivity index (χ1) is 8.45. The molecule has 0 spiro atoms. The molecule has 0 radical (unpaired) electrons. The van der Waals surface area contributed by atoms with Gasteiger partial charge < -0.3 is 4.74 Å². The van der Waals surface area contributed by atoms with Gasteiger partial charge in [-0.1, -0.05) is 15.9 Å². The van der Waals surface area contributed by atoms with E-state index >= 15 is 0 Å². The minimum Gasteiger partial charge on any atom is -0.489 e. The molecule has 18 heavy (non-hydrogen) atoms. The molecule has 1 atom stereocenters. The minimum atomic E-state index is -3.11. The van der Waals surface area contributed by atoms with Crippen LogP contribution in [0.15, 0.2) is 28.7 Å². The van der Waals surface area contributed by atoms with Crippen molar-refractivity contribution in [1.29, 1.82) is 0 Å². The molecule has 0 aromatic heterocycles. The average Bonchev–Trinajstić information content (AvgIpc) is 2.31. The fourth-order valence-corrected chi connectivity index (χ4v) is 3.17. The molecule has 0 aliphatic carbocycles. The number of piperidine rings is 1. The summed E-state index contributed by atoms with van der Waals surface area (Å²) in [7, 11) is -3.11. The van der Waals surface area contributed by atoms with Gasteiger partial charge in [0, 0.05) is 11.0 Å². The summed E-state index contributed by atoms with van der Waals surface area (Å²) in [6, 6.07) is 7.58. The molecule has 1 aromatic carbocycles. The SMILES string of the molecule is CS(=O)(=O)N1CCCC(Oc2ccc(Br)cc2)C1. The van der Waals surface area contributed by atoms with E-state index in [1.54, 1.807) is 0 Å².